The van der Waals surface area contributed by atoms with Gasteiger partial charge < -0.3 is 5.73 Å². The Kier molecular flexibility index (Phi) is 3.18. The predicted molar refractivity (Wildman–Crippen MR) is 89.2 cm³/mol. The minimum Gasteiger partial charge on any atom is -0.369 e. The van der Waals surface area contributed by atoms with Gasteiger partial charge in [0.25, 0.3) is 0 Å². The molecule has 1 heterocycles. The molecule has 0 aliphatic rings. The van der Waals surface area contributed by atoms with E-state index in [-0.39, 0.29) is 5.41 Å². The lowest BCUT2D eigenvalue weighted by molar-refractivity contribution is 0.590. The molecule has 3 nitrogen and oxygen atoms in total. The van der Waals surface area contributed by atoms with Gasteiger partial charge in [0.1, 0.15) is 0 Å². The van der Waals surface area contributed by atoms with Crippen molar-refractivity contribution in [1.29, 1.82) is 0 Å². The van der Waals surface area contributed by atoms with Crippen molar-refractivity contribution < 1.29 is 0 Å². The first-order valence-electron chi connectivity index (χ1n) is 6.91. The maximum atomic E-state index is 6.09. The molecule has 0 bridgehead atoms. The number of halogens is 1. The van der Waals surface area contributed by atoms with Crippen LogP contribution in [0.5, 0.6) is 0 Å². The van der Waals surface area contributed by atoms with Crippen molar-refractivity contribution in [2.24, 2.45) is 0 Å². The number of nitrogens with two attached hydrogens (primary N) is 1. The number of nitrogen functional groups attached to an aromatic ring is 1. The first kappa shape index (κ1) is 14.0. The third-order valence-corrected chi connectivity index (χ3v) is 3.87. The van der Waals surface area contributed by atoms with Gasteiger partial charge in [0.2, 0.25) is 5.95 Å². The van der Waals surface area contributed by atoms with Crippen molar-refractivity contribution in [3.05, 3.63) is 53.1 Å². The molecule has 0 saturated carbocycles. The van der Waals surface area contributed by atoms with Crippen molar-refractivity contribution in [3.8, 4) is 5.69 Å². The monoisotopic (exact) mass is 299 g/mol. The van der Waals surface area contributed by atoms with Gasteiger partial charge in [-0.1, -0.05) is 44.5 Å². The highest BCUT2D eigenvalue weighted by Crippen LogP contribution is 2.28. The summed E-state index contributed by atoms with van der Waals surface area (Å²) in [7, 11) is 0. The van der Waals surface area contributed by atoms with Crippen LogP contribution in [0.2, 0.25) is 5.02 Å². The van der Waals surface area contributed by atoms with Crippen LogP contribution in [0, 0.1) is 0 Å². The van der Waals surface area contributed by atoms with Gasteiger partial charge in [0.05, 0.1) is 11.0 Å². The molecule has 21 heavy (non-hydrogen) atoms. The molecule has 4 heteroatoms. The molecular weight excluding hydrogens is 282 g/mol. The zero-order valence-corrected chi connectivity index (χ0v) is 13.1. The van der Waals surface area contributed by atoms with Gasteiger partial charge in [-0.2, -0.15) is 0 Å². The number of aromatic nitrogens is 2. The second-order valence-corrected chi connectivity index (χ2v) is 6.67. The number of nitrogens with zero attached hydrogens (tertiary/aromatic N) is 2. The van der Waals surface area contributed by atoms with Crippen molar-refractivity contribution >= 4 is 28.6 Å². The molecule has 0 atom stereocenters. The number of benzene rings is 2. The van der Waals surface area contributed by atoms with E-state index < -0.39 is 0 Å². The normalized spacial score (nSPS) is 12.0. The van der Waals surface area contributed by atoms with Gasteiger partial charge in [-0.15, -0.1) is 0 Å². The van der Waals surface area contributed by atoms with E-state index in [9.17, 15) is 0 Å². The highest BCUT2D eigenvalue weighted by molar-refractivity contribution is 6.31. The summed E-state index contributed by atoms with van der Waals surface area (Å²) in [5.74, 6) is 0.468. The molecule has 0 unspecified atom stereocenters. The number of fused-ring (bicyclic) bond motifs is 1. The van der Waals surface area contributed by atoms with Gasteiger partial charge >= 0.3 is 0 Å². The van der Waals surface area contributed by atoms with E-state index >= 15 is 0 Å². The molecule has 0 radical (unpaired) electrons. The fraction of sp³-hybridized carbons (Fsp3) is 0.235. The Morgan fingerprint density at radius 2 is 1.71 bits per heavy atom. The SMILES string of the molecule is CC(C)(C)c1ccc(-n2c(N)nc3ccc(Cl)cc32)cc1. The molecule has 1 aromatic heterocycles. The van der Waals surface area contributed by atoms with Crippen LogP contribution in [0.4, 0.5) is 5.95 Å². The summed E-state index contributed by atoms with van der Waals surface area (Å²) < 4.78 is 1.92. The summed E-state index contributed by atoms with van der Waals surface area (Å²) in [6, 6.07) is 14.0. The zero-order chi connectivity index (χ0) is 15.2. The quantitative estimate of drug-likeness (QED) is 0.716. The minimum absolute atomic E-state index is 0.129. The molecule has 0 aliphatic carbocycles. The molecule has 3 rings (SSSR count). The van der Waals surface area contributed by atoms with Gasteiger partial charge in [0, 0.05) is 10.7 Å². The van der Waals surface area contributed by atoms with Crippen molar-refractivity contribution in [2.45, 2.75) is 26.2 Å². The van der Waals surface area contributed by atoms with E-state index in [2.05, 4.69) is 50.0 Å². The van der Waals surface area contributed by atoms with Crippen LogP contribution in [0.3, 0.4) is 0 Å². The Labute approximate surface area is 129 Å². The molecule has 3 aromatic rings. The lowest BCUT2D eigenvalue weighted by Gasteiger charge is -2.19. The number of imidazole rings is 1. The molecule has 2 N–H and O–H groups in total. The molecule has 0 saturated heterocycles. The Balaban J connectivity index is 2.16. The van der Waals surface area contributed by atoms with Crippen molar-refractivity contribution in [2.75, 3.05) is 5.73 Å². The molecule has 108 valence electrons. The summed E-state index contributed by atoms with van der Waals surface area (Å²) in [6.07, 6.45) is 0. The van der Waals surface area contributed by atoms with E-state index in [0.29, 0.717) is 11.0 Å². The molecule has 0 fully saturated rings. The van der Waals surface area contributed by atoms with Crippen LogP contribution < -0.4 is 5.73 Å². The van der Waals surface area contributed by atoms with E-state index in [4.69, 9.17) is 17.3 Å². The second-order valence-electron chi connectivity index (χ2n) is 6.24. The summed E-state index contributed by atoms with van der Waals surface area (Å²) in [6.45, 7) is 6.59. The van der Waals surface area contributed by atoms with Crippen LogP contribution in [0.15, 0.2) is 42.5 Å². The first-order valence-corrected chi connectivity index (χ1v) is 7.28. The average molecular weight is 300 g/mol. The van der Waals surface area contributed by atoms with E-state index in [0.717, 1.165) is 16.7 Å². The Morgan fingerprint density at radius 3 is 2.33 bits per heavy atom. The van der Waals surface area contributed by atoms with E-state index in [1.165, 1.54) is 5.56 Å². The van der Waals surface area contributed by atoms with Crippen molar-refractivity contribution in [3.63, 3.8) is 0 Å². The molecule has 0 aliphatic heterocycles. The van der Waals surface area contributed by atoms with Gasteiger partial charge in [-0.25, -0.2) is 4.98 Å². The van der Waals surface area contributed by atoms with E-state index in [1.807, 2.05) is 22.8 Å². The lowest BCUT2D eigenvalue weighted by atomic mass is 9.87. The summed E-state index contributed by atoms with van der Waals surface area (Å²) >= 11 is 6.09. The summed E-state index contributed by atoms with van der Waals surface area (Å²) in [5.41, 5.74) is 10.2. The molecule has 0 amide bonds. The third-order valence-electron chi connectivity index (χ3n) is 3.63. The minimum atomic E-state index is 0.129. The van der Waals surface area contributed by atoms with Gasteiger partial charge in [-0.3, -0.25) is 4.57 Å². The first-order chi connectivity index (χ1) is 9.86. The maximum Gasteiger partial charge on any atom is 0.205 e. The van der Waals surface area contributed by atoms with Gasteiger partial charge in [-0.05, 0) is 41.3 Å². The second kappa shape index (κ2) is 4.78. The number of rotatable bonds is 1. The third kappa shape index (κ3) is 2.49. The Hall–Kier alpha value is -2.00. The highest BCUT2D eigenvalue weighted by Gasteiger charge is 2.15. The van der Waals surface area contributed by atoms with Crippen LogP contribution >= 0.6 is 11.6 Å². The van der Waals surface area contributed by atoms with Crippen LogP contribution in [-0.4, -0.2) is 9.55 Å². The van der Waals surface area contributed by atoms with Crippen LogP contribution in [0.1, 0.15) is 26.3 Å². The number of hydrogen-bond donors (Lipinski definition) is 1. The van der Waals surface area contributed by atoms with Crippen LogP contribution in [0.25, 0.3) is 16.7 Å². The standard InChI is InChI=1S/C17H18ClN3/c1-17(2,3)11-4-7-13(8-5-11)21-15-10-12(18)6-9-14(15)20-16(21)19/h4-10H,1-3H3,(H2,19,20). The zero-order valence-electron chi connectivity index (χ0n) is 12.4. The Bertz CT molecular complexity index is 795. The highest BCUT2D eigenvalue weighted by atomic mass is 35.5. The Morgan fingerprint density at radius 1 is 1.05 bits per heavy atom. The summed E-state index contributed by atoms with van der Waals surface area (Å²) in [4.78, 5) is 4.38. The molecule has 2 aromatic carbocycles. The topological polar surface area (TPSA) is 43.8 Å². The van der Waals surface area contributed by atoms with Gasteiger partial charge in [0.15, 0.2) is 0 Å². The molecular formula is C17H18ClN3. The number of anilines is 1. The van der Waals surface area contributed by atoms with Crippen molar-refractivity contribution in [1.82, 2.24) is 9.55 Å². The predicted octanol–water partition coefficient (Wildman–Crippen LogP) is 4.56. The molecule has 0 spiro atoms. The average Bonchev–Trinajstić information content (AvgIpc) is 2.73. The fourth-order valence-corrected chi connectivity index (χ4v) is 2.62. The number of hydrogen-bond acceptors (Lipinski definition) is 2. The summed E-state index contributed by atoms with van der Waals surface area (Å²) in [5, 5.41) is 0.676. The lowest BCUT2D eigenvalue weighted by Crippen LogP contribution is -2.11. The smallest absolute Gasteiger partial charge is 0.205 e. The largest absolute Gasteiger partial charge is 0.369 e. The van der Waals surface area contributed by atoms with Crippen LogP contribution in [-0.2, 0) is 5.41 Å². The fourth-order valence-electron chi connectivity index (χ4n) is 2.45. The maximum absolute atomic E-state index is 6.09. The van der Waals surface area contributed by atoms with E-state index in [1.54, 1.807) is 0 Å².